The van der Waals surface area contributed by atoms with Gasteiger partial charge in [-0.2, -0.15) is 13.2 Å². The molecule has 0 aliphatic heterocycles. The van der Waals surface area contributed by atoms with E-state index in [2.05, 4.69) is 5.32 Å². The molecule has 2 aromatic carbocycles. The highest BCUT2D eigenvalue weighted by molar-refractivity contribution is 6.06. The summed E-state index contributed by atoms with van der Waals surface area (Å²) in [6.45, 7) is 3.50. The van der Waals surface area contributed by atoms with Crippen molar-refractivity contribution >= 4 is 11.6 Å². The highest BCUT2D eigenvalue weighted by Gasteiger charge is 2.33. The number of carbonyl (C=O) groups is 1. The lowest BCUT2D eigenvalue weighted by Gasteiger charge is -2.15. The average Bonchev–Trinajstić information content (AvgIpc) is 2.37. The number of anilines is 1. The van der Waals surface area contributed by atoms with Gasteiger partial charge in [0.25, 0.3) is 5.91 Å². The van der Waals surface area contributed by atoms with Gasteiger partial charge in [0.2, 0.25) is 0 Å². The number of carbonyl (C=O) groups excluding carboxylic acids is 1. The lowest BCUT2D eigenvalue weighted by atomic mass is 10.0. The van der Waals surface area contributed by atoms with E-state index in [1.165, 1.54) is 18.2 Å². The van der Waals surface area contributed by atoms with Crippen molar-refractivity contribution in [3.63, 3.8) is 0 Å². The van der Waals surface area contributed by atoms with Crippen LogP contribution in [0.15, 0.2) is 42.5 Å². The van der Waals surface area contributed by atoms with Gasteiger partial charge < -0.3 is 5.32 Å². The minimum absolute atomic E-state index is 0.238. The van der Waals surface area contributed by atoms with Crippen molar-refractivity contribution < 1.29 is 18.0 Å². The Hall–Kier alpha value is -2.30. The molecule has 21 heavy (non-hydrogen) atoms. The number of halogens is 3. The van der Waals surface area contributed by atoms with Crippen LogP contribution in [0.25, 0.3) is 0 Å². The van der Waals surface area contributed by atoms with E-state index in [-0.39, 0.29) is 5.69 Å². The Bertz CT molecular complexity index is 657. The molecule has 0 aromatic heterocycles. The smallest absolute Gasteiger partial charge is 0.321 e. The predicted molar refractivity (Wildman–Crippen MR) is 75.3 cm³/mol. The second-order valence-electron chi connectivity index (χ2n) is 4.76. The van der Waals surface area contributed by atoms with E-state index in [1.807, 2.05) is 0 Å². The van der Waals surface area contributed by atoms with E-state index in [0.29, 0.717) is 5.56 Å². The third-order valence-corrected chi connectivity index (χ3v) is 3.19. The fraction of sp³-hybridized carbons (Fsp3) is 0.188. The Morgan fingerprint density at radius 1 is 0.952 bits per heavy atom. The van der Waals surface area contributed by atoms with Crippen molar-refractivity contribution in [1.82, 2.24) is 0 Å². The third-order valence-electron chi connectivity index (χ3n) is 3.19. The number of alkyl halides is 3. The number of hydrogen-bond donors (Lipinski definition) is 1. The van der Waals surface area contributed by atoms with Gasteiger partial charge >= 0.3 is 6.18 Å². The molecule has 110 valence electrons. The highest BCUT2D eigenvalue weighted by Crippen LogP contribution is 2.34. The van der Waals surface area contributed by atoms with Crippen LogP contribution in [0.1, 0.15) is 27.0 Å². The van der Waals surface area contributed by atoms with Gasteiger partial charge in [0, 0.05) is 5.56 Å². The summed E-state index contributed by atoms with van der Waals surface area (Å²) in [6, 6.07) is 10.2. The molecule has 5 heteroatoms. The Labute approximate surface area is 120 Å². The Morgan fingerprint density at radius 2 is 1.52 bits per heavy atom. The van der Waals surface area contributed by atoms with Gasteiger partial charge in [0.1, 0.15) is 0 Å². The maximum absolute atomic E-state index is 12.9. The van der Waals surface area contributed by atoms with Crippen LogP contribution in [0.2, 0.25) is 0 Å². The van der Waals surface area contributed by atoms with Gasteiger partial charge in [-0.05, 0) is 37.1 Å². The molecule has 0 aliphatic rings. The number of nitrogens with one attached hydrogen (secondary N) is 1. The summed E-state index contributed by atoms with van der Waals surface area (Å²) in [5.41, 5.74) is 0.741. The molecule has 0 fully saturated rings. The van der Waals surface area contributed by atoms with E-state index in [1.54, 1.807) is 32.0 Å². The summed E-state index contributed by atoms with van der Waals surface area (Å²) in [5.74, 6) is -0.540. The first kappa shape index (κ1) is 15.1. The van der Waals surface area contributed by atoms with E-state index >= 15 is 0 Å². The topological polar surface area (TPSA) is 29.1 Å². The third kappa shape index (κ3) is 3.24. The molecule has 0 saturated carbocycles. The Balaban J connectivity index is 2.38. The minimum atomic E-state index is -4.51. The van der Waals surface area contributed by atoms with Gasteiger partial charge in [-0.3, -0.25) is 4.79 Å². The Kier molecular flexibility index (Phi) is 4.02. The van der Waals surface area contributed by atoms with Crippen molar-refractivity contribution in [3.8, 4) is 0 Å². The zero-order chi connectivity index (χ0) is 15.6. The largest absolute Gasteiger partial charge is 0.418 e. The number of amides is 1. The number of rotatable bonds is 2. The van der Waals surface area contributed by atoms with Crippen LogP contribution in [0.5, 0.6) is 0 Å². The van der Waals surface area contributed by atoms with Crippen molar-refractivity contribution in [2.24, 2.45) is 0 Å². The molecule has 0 aliphatic carbocycles. The molecule has 0 heterocycles. The SMILES string of the molecule is Cc1cccc(C)c1C(=O)Nc1ccccc1C(F)(F)F. The Morgan fingerprint density at radius 3 is 2.10 bits per heavy atom. The lowest BCUT2D eigenvalue weighted by molar-refractivity contribution is -0.136. The molecule has 0 atom stereocenters. The molecule has 2 rings (SSSR count). The van der Waals surface area contributed by atoms with Crippen LogP contribution in [0.4, 0.5) is 18.9 Å². The number of benzene rings is 2. The summed E-state index contributed by atoms with van der Waals surface area (Å²) in [7, 11) is 0. The molecule has 2 aromatic rings. The molecule has 0 unspecified atom stereocenters. The predicted octanol–water partition coefficient (Wildman–Crippen LogP) is 4.57. The van der Waals surface area contributed by atoms with Gasteiger partial charge in [-0.25, -0.2) is 0 Å². The summed E-state index contributed by atoms with van der Waals surface area (Å²) >= 11 is 0. The van der Waals surface area contributed by atoms with Gasteiger partial charge in [-0.15, -0.1) is 0 Å². The van der Waals surface area contributed by atoms with Crippen LogP contribution in [0, 0.1) is 13.8 Å². The maximum Gasteiger partial charge on any atom is 0.418 e. The molecule has 1 N–H and O–H groups in total. The highest BCUT2D eigenvalue weighted by atomic mass is 19.4. The van der Waals surface area contributed by atoms with E-state index in [9.17, 15) is 18.0 Å². The second-order valence-corrected chi connectivity index (χ2v) is 4.76. The summed E-state index contributed by atoms with van der Waals surface area (Å²) in [6.07, 6.45) is -4.51. The molecular formula is C16H14F3NO. The van der Waals surface area contributed by atoms with Crippen LogP contribution in [-0.4, -0.2) is 5.91 Å². The molecule has 0 radical (unpaired) electrons. The van der Waals surface area contributed by atoms with Gasteiger partial charge in [0.15, 0.2) is 0 Å². The van der Waals surface area contributed by atoms with Crippen LogP contribution in [-0.2, 0) is 6.18 Å². The second kappa shape index (κ2) is 5.60. The number of para-hydroxylation sites is 1. The zero-order valence-electron chi connectivity index (χ0n) is 11.6. The normalized spacial score (nSPS) is 11.3. The number of aryl methyl sites for hydroxylation is 2. The fourth-order valence-electron chi connectivity index (χ4n) is 2.20. The van der Waals surface area contributed by atoms with Crippen molar-refractivity contribution in [3.05, 3.63) is 64.7 Å². The maximum atomic E-state index is 12.9. The first-order chi connectivity index (χ1) is 9.80. The van der Waals surface area contributed by atoms with E-state index < -0.39 is 17.6 Å². The lowest BCUT2D eigenvalue weighted by Crippen LogP contribution is -2.18. The van der Waals surface area contributed by atoms with Gasteiger partial charge in [0.05, 0.1) is 11.3 Å². The molecule has 2 nitrogen and oxygen atoms in total. The van der Waals surface area contributed by atoms with E-state index in [4.69, 9.17) is 0 Å². The summed E-state index contributed by atoms with van der Waals surface area (Å²) < 4.78 is 38.7. The van der Waals surface area contributed by atoms with Crippen LogP contribution in [0.3, 0.4) is 0 Å². The molecule has 0 bridgehead atoms. The molecule has 0 spiro atoms. The first-order valence-corrected chi connectivity index (χ1v) is 6.34. The van der Waals surface area contributed by atoms with Crippen LogP contribution >= 0.6 is 0 Å². The number of hydrogen-bond acceptors (Lipinski definition) is 1. The zero-order valence-corrected chi connectivity index (χ0v) is 11.6. The summed E-state index contributed by atoms with van der Waals surface area (Å²) in [5, 5.41) is 2.36. The molecule has 0 saturated heterocycles. The van der Waals surface area contributed by atoms with Gasteiger partial charge in [-0.1, -0.05) is 30.3 Å². The average molecular weight is 293 g/mol. The molecule has 1 amide bonds. The standard InChI is InChI=1S/C16H14F3NO/c1-10-6-5-7-11(2)14(10)15(21)20-13-9-4-3-8-12(13)16(17,18)19/h3-9H,1-2H3,(H,20,21). The summed E-state index contributed by atoms with van der Waals surface area (Å²) in [4.78, 5) is 12.3. The van der Waals surface area contributed by atoms with Crippen LogP contribution < -0.4 is 5.32 Å². The van der Waals surface area contributed by atoms with E-state index in [0.717, 1.165) is 17.2 Å². The quantitative estimate of drug-likeness (QED) is 0.863. The fourth-order valence-corrected chi connectivity index (χ4v) is 2.20. The van der Waals surface area contributed by atoms with Crippen molar-refractivity contribution in [1.29, 1.82) is 0 Å². The van der Waals surface area contributed by atoms with Crippen molar-refractivity contribution in [2.45, 2.75) is 20.0 Å². The monoisotopic (exact) mass is 293 g/mol. The van der Waals surface area contributed by atoms with Crippen molar-refractivity contribution in [2.75, 3.05) is 5.32 Å². The minimum Gasteiger partial charge on any atom is -0.321 e. The molecular weight excluding hydrogens is 279 g/mol. The first-order valence-electron chi connectivity index (χ1n) is 6.34.